The first-order chi connectivity index (χ1) is 9.14. The zero-order valence-electron chi connectivity index (χ0n) is 12.0. The molecule has 0 aromatic heterocycles. The van der Waals surface area contributed by atoms with Gasteiger partial charge < -0.3 is 10.5 Å². The molecule has 1 aliphatic carbocycles. The lowest BCUT2D eigenvalue weighted by molar-refractivity contribution is -0.139. The molecule has 6 nitrogen and oxygen atoms in total. The summed E-state index contributed by atoms with van der Waals surface area (Å²) in [5.41, 5.74) is 4.82. The van der Waals surface area contributed by atoms with Crippen LogP contribution in [-0.2, 0) is 19.6 Å². The number of carbonyl (C=O) groups excluding carboxylic acids is 1. The molecule has 0 saturated heterocycles. The van der Waals surface area contributed by atoms with Crippen molar-refractivity contribution in [3.8, 4) is 0 Å². The van der Waals surface area contributed by atoms with Gasteiger partial charge in [-0.05, 0) is 38.5 Å². The molecule has 0 heterocycles. The fourth-order valence-corrected chi connectivity index (χ4v) is 4.01. The van der Waals surface area contributed by atoms with Gasteiger partial charge in [0.2, 0.25) is 10.0 Å². The smallest absolute Gasteiger partial charge is 0.325 e. The van der Waals surface area contributed by atoms with E-state index >= 15 is 0 Å². The van der Waals surface area contributed by atoms with Gasteiger partial charge in [-0.3, -0.25) is 4.79 Å². The van der Waals surface area contributed by atoms with Gasteiger partial charge >= 0.3 is 5.97 Å². The third-order valence-corrected chi connectivity index (χ3v) is 6.13. The van der Waals surface area contributed by atoms with Gasteiger partial charge in [-0.1, -0.05) is 19.1 Å². The van der Waals surface area contributed by atoms with Crippen LogP contribution in [0.1, 0.15) is 39.5 Å². The topological polar surface area (TPSA) is 98.5 Å². The van der Waals surface area contributed by atoms with Crippen molar-refractivity contribution < 1.29 is 17.9 Å². The fourth-order valence-electron chi connectivity index (χ4n) is 2.31. The molecule has 3 N–H and O–H groups in total. The summed E-state index contributed by atoms with van der Waals surface area (Å²) in [4.78, 5) is 11.6. The standard InChI is InChI=1S/C12H22N2O4S2/c1-8-4-6-12(7-5-8,11(13)19)14-20(16,17)9(2)10(15)18-3/h8-9,14H,4-7H2,1-3H3,(H2,13,19). The second-order valence-corrected chi connectivity index (χ2v) is 7.88. The van der Waals surface area contributed by atoms with E-state index in [1.807, 2.05) is 0 Å². The van der Waals surface area contributed by atoms with Crippen molar-refractivity contribution in [2.45, 2.75) is 50.3 Å². The predicted octanol–water partition coefficient (Wildman–Crippen LogP) is 0.702. The van der Waals surface area contributed by atoms with E-state index in [2.05, 4.69) is 16.4 Å². The van der Waals surface area contributed by atoms with Crippen molar-refractivity contribution >= 4 is 33.2 Å². The molecule has 0 aromatic carbocycles. The number of esters is 1. The van der Waals surface area contributed by atoms with Crippen molar-refractivity contribution in [1.82, 2.24) is 4.72 Å². The highest BCUT2D eigenvalue weighted by atomic mass is 32.2. The largest absolute Gasteiger partial charge is 0.468 e. The first-order valence-corrected chi connectivity index (χ1v) is 8.50. The number of hydrogen-bond acceptors (Lipinski definition) is 5. The SMILES string of the molecule is COC(=O)C(C)S(=O)(=O)NC1(C(N)=S)CCC(C)CC1. The zero-order chi connectivity index (χ0) is 15.6. The lowest BCUT2D eigenvalue weighted by Gasteiger charge is -2.39. The Labute approximate surface area is 125 Å². The quantitative estimate of drug-likeness (QED) is 0.571. The maximum atomic E-state index is 12.3. The summed E-state index contributed by atoms with van der Waals surface area (Å²) in [6.07, 6.45) is 2.78. The number of nitrogens with one attached hydrogen (secondary N) is 1. The first kappa shape index (κ1) is 17.3. The average Bonchev–Trinajstić information content (AvgIpc) is 2.39. The third kappa shape index (κ3) is 3.67. The Morgan fingerprint density at radius 3 is 2.35 bits per heavy atom. The maximum Gasteiger partial charge on any atom is 0.325 e. The first-order valence-electron chi connectivity index (χ1n) is 6.55. The van der Waals surface area contributed by atoms with Crippen molar-refractivity contribution in [2.24, 2.45) is 11.7 Å². The van der Waals surface area contributed by atoms with Gasteiger partial charge in [-0.2, -0.15) is 0 Å². The van der Waals surface area contributed by atoms with Crippen molar-refractivity contribution in [3.05, 3.63) is 0 Å². The normalized spacial score (nSPS) is 28.6. The van der Waals surface area contributed by atoms with E-state index in [1.54, 1.807) is 0 Å². The Bertz CT molecular complexity index is 482. The van der Waals surface area contributed by atoms with Gasteiger partial charge in [0.1, 0.15) is 0 Å². The van der Waals surface area contributed by atoms with Crippen molar-refractivity contribution in [1.29, 1.82) is 0 Å². The summed E-state index contributed by atoms with van der Waals surface area (Å²) >= 11 is 5.05. The number of hydrogen-bond donors (Lipinski definition) is 2. The van der Waals surface area contributed by atoms with E-state index < -0.39 is 26.8 Å². The number of ether oxygens (including phenoxy) is 1. The fraction of sp³-hybridized carbons (Fsp3) is 0.833. The molecule has 0 amide bonds. The summed E-state index contributed by atoms with van der Waals surface area (Å²) in [5.74, 6) is -0.292. The van der Waals surface area contributed by atoms with Gasteiger partial charge in [0.15, 0.2) is 5.25 Å². The molecule has 1 fully saturated rings. The Hall–Kier alpha value is -0.730. The molecule has 116 valence electrons. The second kappa shape index (κ2) is 6.36. The predicted molar refractivity (Wildman–Crippen MR) is 80.7 cm³/mol. The van der Waals surface area contributed by atoms with E-state index in [0.717, 1.165) is 20.0 Å². The Balaban J connectivity index is 2.97. The van der Waals surface area contributed by atoms with Gasteiger partial charge in [-0.25, -0.2) is 13.1 Å². The minimum Gasteiger partial charge on any atom is -0.468 e. The third-order valence-electron chi connectivity index (χ3n) is 3.94. The summed E-state index contributed by atoms with van der Waals surface area (Å²) in [5, 5.41) is -1.29. The summed E-state index contributed by atoms with van der Waals surface area (Å²) in [6, 6.07) is 0. The summed E-state index contributed by atoms with van der Waals surface area (Å²) in [6.45, 7) is 3.39. The van der Waals surface area contributed by atoms with Crippen LogP contribution in [0.2, 0.25) is 0 Å². The highest BCUT2D eigenvalue weighted by Crippen LogP contribution is 2.33. The molecular weight excluding hydrogens is 300 g/mol. The average molecular weight is 322 g/mol. The Morgan fingerprint density at radius 2 is 1.95 bits per heavy atom. The van der Waals surface area contributed by atoms with E-state index in [0.29, 0.717) is 18.8 Å². The van der Waals surface area contributed by atoms with Crippen LogP contribution in [0.3, 0.4) is 0 Å². The van der Waals surface area contributed by atoms with Crippen LogP contribution in [0.5, 0.6) is 0 Å². The Kier molecular flexibility index (Phi) is 5.51. The number of methoxy groups -OCH3 is 1. The molecule has 1 saturated carbocycles. The number of thiocarbonyl (C=S) groups is 1. The molecule has 1 aliphatic rings. The van der Waals surface area contributed by atoms with Crippen LogP contribution >= 0.6 is 12.2 Å². The highest BCUT2D eigenvalue weighted by Gasteiger charge is 2.43. The molecule has 0 aromatic rings. The van der Waals surface area contributed by atoms with E-state index in [9.17, 15) is 13.2 Å². The van der Waals surface area contributed by atoms with E-state index in [4.69, 9.17) is 18.0 Å². The van der Waals surface area contributed by atoms with E-state index in [1.165, 1.54) is 6.92 Å². The molecule has 0 spiro atoms. The van der Waals surface area contributed by atoms with Gasteiger partial charge in [-0.15, -0.1) is 0 Å². The van der Waals surface area contributed by atoms with Crippen LogP contribution in [-0.4, -0.2) is 37.3 Å². The molecule has 0 aliphatic heterocycles. The van der Waals surface area contributed by atoms with Crippen LogP contribution in [0, 0.1) is 5.92 Å². The minimum atomic E-state index is -3.88. The van der Waals surface area contributed by atoms with Crippen molar-refractivity contribution in [2.75, 3.05) is 7.11 Å². The van der Waals surface area contributed by atoms with Crippen LogP contribution < -0.4 is 10.5 Å². The molecule has 0 radical (unpaired) electrons. The molecule has 20 heavy (non-hydrogen) atoms. The zero-order valence-corrected chi connectivity index (χ0v) is 13.6. The minimum absolute atomic E-state index is 0.130. The van der Waals surface area contributed by atoms with Crippen LogP contribution in [0.15, 0.2) is 0 Å². The lowest BCUT2D eigenvalue weighted by Crippen LogP contribution is -2.60. The molecule has 0 bridgehead atoms. The second-order valence-electron chi connectivity index (χ2n) is 5.44. The number of carbonyl (C=O) groups is 1. The monoisotopic (exact) mass is 322 g/mol. The highest BCUT2D eigenvalue weighted by molar-refractivity contribution is 7.91. The Morgan fingerprint density at radius 1 is 1.45 bits per heavy atom. The van der Waals surface area contributed by atoms with Crippen LogP contribution in [0.25, 0.3) is 0 Å². The number of nitrogens with two attached hydrogens (primary N) is 1. The van der Waals surface area contributed by atoms with Gasteiger partial charge in [0, 0.05) is 0 Å². The maximum absolute atomic E-state index is 12.3. The number of sulfonamides is 1. The molecule has 8 heteroatoms. The lowest BCUT2D eigenvalue weighted by atomic mass is 9.78. The van der Waals surface area contributed by atoms with Crippen LogP contribution in [0.4, 0.5) is 0 Å². The number of rotatable bonds is 5. The molecule has 1 unspecified atom stereocenters. The molecule has 1 atom stereocenters. The molecule has 1 rings (SSSR count). The van der Waals surface area contributed by atoms with Crippen molar-refractivity contribution in [3.63, 3.8) is 0 Å². The summed E-state index contributed by atoms with van der Waals surface area (Å²) < 4.78 is 31.6. The van der Waals surface area contributed by atoms with Gasteiger partial charge in [0.05, 0.1) is 17.6 Å². The van der Waals surface area contributed by atoms with Gasteiger partial charge in [0.25, 0.3) is 0 Å². The summed E-state index contributed by atoms with van der Waals surface area (Å²) in [7, 11) is -2.73. The van der Waals surface area contributed by atoms with E-state index in [-0.39, 0.29) is 4.99 Å². The molecular formula is C12H22N2O4S2.